The maximum Gasteiger partial charge on any atom is 0.226 e. The molecule has 2 heterocycles. The zero-order valence-electron chi connectivity index (χ0n) is 14.9. The molecular formula is C21H25NO3. The summed E-state index contributed by atoms with van der Waals surface area (Å²) >= 11 is 0. The van der Waals surface area contributed by atoms with Gasteiger partial charge in [-0.15, -0.1) is 0 Å². The van der Waals surface area contributed by atoms with E-state index in [4.69, 9.17) is 9.15 Å². The average molecular weight is 339 g/mol. The van der Waals surface area contributed by atoms with Gasteiger partial charge in [-0.25, -0.2) is 0 Å². The number of furan rings is 1. The number of benzene rings is 1. The highest BCUT2D eigenvalue weighted by Gasteiger charge is 2.47. The summed E-state index contributed by atoms with van der Waals surface area (Å²) < 4.78 is 11.6. The monoisotopic (exact) mass is 339 g/mol. The largest absolute Gasteiger partial charge is 0.490 e. The number of aryl methyl sites for hydroxylation is 2. The minimum absolute atomic E-state index is 0.114. The number of amides is 1. The first-order valence-electron chi connectivity index (χ1n) is 9.18. The molecule has 0 radical (unpaired) electrons. The van der Waals surface area contributed by atoms with Crippen molar-refractivity contribution in [3.63, 3.8) is 0 Å². The van der Waals surface area contributed by atoms with Crippen LogP contribution in [0.4, 0.5) is 0 Å². The Bertz CT molecular complexity index is 745. The number of nitrogens with zero attached hydrogens (tertiary/aromatic N) is 1. The van der Waals surface area contributed by atoms with Gasteiger partial charge in [-0.1, -0.05) is 6.07 Å². The molecule has 2 aromatic rings. The van der Waals surface area contributed by atoms with Crippen molar-refractivity contribution in [3.05, 3.63) is 53.5 Å². The van der Waals surface area contributed by atoms with Crippen LogP contribution in [0.1, 0.15) is 42.1 Å². The number of ether oxygens (including phenoxy) is 1. The van der Waals surface area contributed by atoms with Crippen molar-refractivity contribution >= 4 is 5.91 Å². The molecule has 2 aliphatic rings. The second kappa shape index (κ2) is 6.58. The molecule has 1 aromatic heterocycles. The standard InChI is InChI=1S/C21H25NO3/c1-14-5-6-17(12-15(14)2)25-16-7-9-22(10-8-16)21(23)19-13-18(19)20-4-3-11-24-20/h3-6,11-12,16,18-19H,7-10,13H2,1-2H3/t18-,19-/m1/s1. The molecule has 0 bridgehead atoms. The lowest BCUT2D eigenvalue weighted by atomic mass is 10.1. The van der Waals surface area contributed by atoms with Crippen molar-refractivity contribution in [2.45, 2.75) is 45.1 Å². The fourth-order valence-electron chi connectivity index (χ4n) is 3.69. The average Bonchev–Trinajstić information content (AvgIpc) is 3.23. The third-order valence-corrected chi connectivity index (χ3v) is 5.55. The van der Waals surface area contributed by atoms with Crippen molar-refractivity contribution in [3.8, 4) is 5.75 Å². The lowest BCUT2D eigenvalue weighted by Gasteiger charge is -2.32. The Balaban J connectivity index is 1.28. The molecule has 4 rings (SSSR count). The van der Waals surface area contributed by atoms with Gasteiger partial charge in [-0.05, 0) is 55.7 Å². The van der Waals surface area contributed by atoms with Crippen molar-refractivity contribution in [2.75, 3.05) is 13.1 Å². The number of hydrogen-bond donors (Lipinski definition) is 0. The van der Waals surface area contributed by atoms with E-state index in [2.05, 4.69) is 26.0 Å². The Hall–Kier alpha value is -2.23. The highest BCUT2D eigenvalue weighted by Crippen LogP contribution is 2.48. The van der Waals surface area contributed by atoms with Crippen LogP contribution >= 0.6 is 0 Å². The van der Waals surface area contributed by atoms with Crippen molar-refractivity contribution in [1.29, 1.82) is 0 Å². The van der Waals surface area contributed by atoms with Gasteiger partial charge in [0.05, 0.1) is 6.26 Å². The quantitative estimate of drug-likeness (QED) is 0.843. The summed E-state index contributed by atoms with van der Waals surface area (Å²) in [4.78, 5) is 14.7. The number of hydrogen-bond acceptors (Lipinski definition) is 3. The minimum Gasteiger partial charge on any atom is -0.490 e. The molecule has 2 atom stereocenters. The Morgan fingerprint density at radius 3 is 2.64 bits per heavy atom. The van der Waals surface area contributed by atoms with Crippen molar-refractivity contribution in [2.24, 2.45) is 5.92 Å². The van der Waals surface area contributed by atoms with E-state index in [1.54, 1.807) is 6.26 Å². The first-order chi connectivity index (χ1) is 12.1. The van der Waals surface area contributed by atoms with Crippen LogP contribution in [-0.4, -0.2) is 30.0 Å². The first-order valence-corrected chi connectivity index (χ1v) is 9.18. The Labute approximate surface area is 148 Å². The third kappa shape index (κ3) is 3.44. The van der Waals surface area contributed by atoms with E-state index in [1.807, 2.05) is 23.1 Å². The van der Waals surface area contributed by atoms with E-state index >= 15 is 0 Å². The molecule has 2 fully saturated rings. The molecular weight excluding hydrogens is 314 g/mol. The third-order valence-electron chi connectivity index (χ3n) is 5.55. The molecule has 1 aromatic carbocycles. The van der Waals surface area contributed by atoms with Crippen LogP contribution in [0.15, 0.2) is 41.0 Å². The van der Waals surface area contributed by atoms with E-state index in [0.29, 0.717) is 0 Å². The molecule has 132 valence electrons. The summed E-state index contributed by atoms with van der Waals surface area (Å²) in [7, 11) is 0. The Morgan fingerprint density at radius 2 is 1.96 bits per heavy atom. The maximum absolute atomic E-state index is 12.7. The molecule has 4 heteroatoms. The van der Waals surface area contributed by atoms with Crippen LogP contribution in [0.3, 0.4) is 0 Å². The minimum atomic E-state index is 0.114. The molecule has 1 saturated heterocycles. The molecule has 1 saturated carbocycles. The summed E-state index contributed by atoms with van der Waals surface area (Å²) in [6, 6.07) is 10.1. The van der Waals surface area contributed by atoms with Crippen molar-refractivity contribution < 1.29 is 13.9 Å². The van der Waals surface area contributed by atoms with E-state index in [0.717, 1.165) is 43.9 Å². The Kier molecular flexibility index (Phi) is 4.28. The molecule has 25 heavy (non-hydrogen) atoms. The summed E-state index contributed by atoms with van der Waals surface area (Å²) in [5.74, 6) is 2.57. The first kappa shape index (κ1) is 16.2. The predicted octanol–water partition coefficient (Wildman–Crippen LogP) is 4.07. The van der Waals surface area contributed by atoms with Crippen LogP contribution in [0, 0.1) is 19.8 Å². The molecule has 1 aliphatic heterocycles. The van der Waals surface area contributed by atoms with Gasteiger partial charge in [0.1, 0.15) is 17.6 Å². The van der Waals surface area contributed by atoms with Gasteiger partial charge in [0.25, 0.3) is 0 Å². The zero-order valence-corrected chi connectivity index (χ0v) is 14.9. The SMILES string of the molecule is Cc1ccc(OC2CCN(C(=O)[C@@H]3C[C@H]3c3ccco3)CC2)cc1C. The predicted molar refractivity (Wildman–Crippen MR) is 95.7 cm³/mol. The Morgan fingerprint density at radius 1 is 1.16 bits per heavy atom. The molecule has 0 unspecified atom stereocenters. The van der Waals surface area contributed by atoms with Gasteiger partial charge in [-0.3, -0.25) is 4.79 Å². The highest BCUT2D eigenvalue weighted by molar-refractivity contribution is 5.83. The van der Waals surface area contributed by atoms with Gasteiger partial charge in [0.2, 0.25) is 5.91 Å². The van der Waals surface area contributed by atoms with Crippen molar-refractivity contribution in [1.82, 2.24) is 4.90 Å². The number of rotatable bonds is 4. The summed E-state index contributed by atoms with van der Waals surface area (Å²) in [6.07, 6.45) is 4.61. The van der Waals surface area contributed by atoms with E-state index in [9.17, 15) is 4.79 Å². The molecule has 1 amide bonds. The zero-order chi connectivity index (χ0) is 17.4. The van der Waals surface area contributed by atoms with Gasteiger partial charge < -0.3 is 14.1 Å². The van der Waals surface area contributed by atoms with Crippen LogP contribution in [-0.2, 0) is 4.79 Å². The maximum atomic E-state index is 12.7. The lowest BCUT2D eigenvalue weighted by Crippen LogP contribution is -2.42. The number of piperidine rings is 1. The number of carbonyl (C=O) groups excluding carboxylic acids is 1. The fraction of sp³-hybridized carbons (Fsp3) is 0.476. The number of likely N-dealkylation sites (tertiary alicyclic amines) is 1. The van der Waals surface area contributed by atoms with Crippen LogP contribution in [0.25, 0.3) is 0 Å². The second-order valence-corrected chi connectivity index (χ2v) is 7.35. The number of carbonyl (C=O) groups is 1. The molecule has 0 N–H and O–H groups in total. The van der Waals surface area contributed by atoms with Gasteiger partial charge in [-0.2, -0.15) is 0 Å². The lowest BCUT2D eigenvalue weighted by molar-refractivity contribution is -0.134. The smallest absolute Gasteiger partial charge is 0.226 e. The van der Waals surface area contributed by atoms with Crippen LogP contribution in [0.2, 0.25) is 0 Å². The van der Waals surface area contributed by atoms with Gasteiger partial charge >= 0.3 is 0 Å². The molecule has 0 spiro atoms. The topological polar surface area (TPSA) is 42.7 Å². The normalized spacial score (nSPS) is 23.5. The molecule has 1 aliphatic carbocycles. The van der Waals surface area contributed by atoms with Crippen LogP contribution < -0.4 is 4.74 Å². The molecule has 4 nitrogen and oxygen atoms in total. The summed E-state index contributed by atoms with van der Waals surface area (Å²) in [5.41, 5.74) is 2.53. The van der Waals surface area contributed by atoms with E-state index < -0.39 is 0 Å². The summed E-state index contributed by atoms with van der Waals surface area (Å²) in [6.45, 7) is 5.79. The highest BCUT2D eigenvalue weighted by atomic mass is 16.5. The summed E-state index contributed by atoms with van der Waals surface area (Å²) in [5, 5.41) is 0. The van der Waals surface area contributed by atoms with Gasteiger partial charge in [0, 0.05) is 37.8 Å². The van der Waals surface area contributed by atoms with Crippen LogP contribution in [0.5, 0.6) is 5.75 Å². The van der Waals surface area contributed by atoms with E-state index in [1.165, 1.54) is 11.1 Å². The fourth-order valence-corrected chi connectivity index (χ4v) is 3.69. The second-order valence-electron chi connectivity index (χ2n) is 7.35. The van der Waals surface area contributed by atoms with Gasteiger partial charge in [0.15, 0.2) is 0 Å². The van der Waals surface area contributed by atoms with E-state index in [-0.39, 0.29) is 23.8 Å².